The van der Waals surface area contributed by atoms with Gasteiger partial charge in [0.15, 0.2) is 5.78 Å². The summed E-state index contributed by atoms with van der Waals surface area (Å²) >= 11 is 0. The smallest absolute Gasteiger partial charge is 0.166 e. The first-order valence-corrected chi connectivity index (χ1v) is 6.14. The van der Waals surface area contributed by atoms with E-state index in [0.29, 0.717) is 11.1 Å². The molecule has 3 heteroatoms. The van der Waals surface area contributed by atoms with Gasteiger partial charge in [-0.25, -0.2) is 4.39 Å². The van der Waals surface area contributed by atoms with Crippen LogP contribution in [0.15, 0.2) is 18.2 Å². The second-order valence-electron chi connectivity index (χ2n) is 4.94. The first-order chi connectivity index (χ1) is 8.08. The number of carbonyl (C=O) groups excluding carboxylic acids is 1. The van der Waals surface area contributed by atoms with Crippen LogP contribution in [0.5, 0.6) is 0 Å². The molecule has 0 unspecified atom stereocenters. The highest BCUT2D eigenvalue weighted by atomic mass is 19.1. The summed E-state index contributed by atoms with van der Waals surface area (Å²) < 4.78 is 13.4. The molecule has 2 N–H and O–H groups in total. The van der Waals surface area contributed by atoms with Crippen molar-refractivity contribution >= 4 is 5.78 Å². The van der Waals surface area contributed by atoms with E-state index in [1.54, 1.807) is 19.1 Å². The van der Waals surface area contributed by atoms with Crippen molar-refractivity contribution in [3.8, 4) is 0 Å². The second-order valence-corrected chi connectivity index (χ2v) is 4.94. The van der Waals surface area contributed by atoms with Gasteiger partial charge in [-0.3, -0.25) is 4.79 Å². The molecule has 0 aliphatic heterocycles. The number of nitrogens with two attached hydrogens (primary N) is 1. The van der Waals surface area contributed by atoms with Crippen LogP contribution in [0, 0.1) is 18.7 Å². The molecule has 2 nitrogen and oxygen atoms in total. The van der Waals surface area contributed by atoms with Gasteiger partial charge in [0.05, 0.1) is 0 Å². The molecule has 0 spiro atoms. The van der Waals surface area contributed by atoms with Crippen LogP contribution in [0.4, 0.5) is 4.39 Å². The van der Waals surface area contributed by atoms with Crippen molar-refractivity contribution in [2.24, 2.45) is 11.7 Å². The summed E-state index contributed by atoms with van der Waals surface area (Å²) in [6, 6.07) is 4.97. The fraction of sp³-hybridized carbons (Fsp3) is 0.500. The Balaban J connectivity index is 2.11. The van der Waals surface area contributed by atoms with Crippen LogP contribution >= 0.6 is 0 Å². The van der Waals surface area contributed by atoms with Crippen LogP contribution in [0.25, 0.3) is 0 Å². The lowest BCUT2D eigenvalue weighted by atomic mass is 9.82. The Bertz CT molecular complexity index is 422. The van der Waals surface area contributed by atoms with Crippen LogP contribution in [-0.2, 0) is 0 Å². The van der Waals surface area contributed by atoms with Gasteiger partial charge in [0.2, 0.25) is 0 Å². The Morgan fingerprint density at radius 3 is 2.53 bits per heavy atom. The van der Waals surface area contributed by atoms with Crippen LogP contribution in [0.2, 0.25) is 0 Å². The van der Waals surface area contributed by atoms with Crippen molar-refractivity contribution in [1.29, 1.82) is 0 Å². The molecule has 1 fully saturated rings. The largest absolute Gasteiger partial charge is 0.328 e. The van der Waals surface area contributed by atoms with Crippen LogP contribution in [-0.4, -0.2) is 11.8 Å². The van der Waals surface area contributed by atoms with Gasteiger partial charge < -0.3 is 5.73 Å². The van der Waals surface area contributed by atoms with E-state index in [0.717, 1.165) is 25.7 Å². The number of hydrogen-bond acceptors (Lipinski definition) is 2. The summed E-state index contributed by atoms with van der Waals surface area (Å²) in [6.45, 7) is 1.70. The van der Waals surface area contributed by atoms with E-state index in [9.17, 15) is 9.18 Å². The molecule has 92 valence electrons. The summed E-state index contributed by atoms with van der Waals surface area (Å²) in [4.78, 5) is 12.2. The number of halogens is 1. The minimum Gasteiger partial charge on any atom is -0.328 e. The minimum atomic E-state index is -0.302. The molecule has 0 aromatic heterocycles. The first-order valence-electron chi connectivity index (χ1n) is 6.14. The average Bonchev–Trinajstić information content (AvgIpc) is 2.33. The highest BCUT2D eigenvalue weighted by Gasteiger charge is 2.25. The fourth-order valence-corrected chi connectivity index (χ4v) is 2.36. The predicted octanol–water partition coefficient (Wildman–Crippen LogP) is 2.83. The Morgan fingerprint density at radius 1 is 1.29 bits per heavy atom. The van der Waals surface area contributed by atoms with Crippen molar-refractivity contribution in [2.75, 3.05) is 0 Å². The molecule has 0 amide bonds. The standard InChI is InChI=1S/C14H18FNO/c1-9-2-3-11(8-13(9)15)14(17)10-4-6-12(16)7-5-10/h2-3,8,10,12H,4-7,16H2,1H3. The van der Waals surface area contributed by atoms with E-state index in [-0.39, 0.29) is 23.6 Å². The second kappa shape index (κ2) is 4.96. The van der Waals surface area contributed by atoms with Crippen molar-refractivity contribution in [1.82, 2.24) is 0 Å². The van der Waals surface area contributed by atoms with E-state index >= 15 is 0 Å². The van der Waals surface area contributed by atoms with E-state index in [4.69, 9.17) is 5.73 Å². The Morgan fingerprint density at radius 2 is 1.94 bits per heavy atom. The number of carbonyl (C=O) groups is 1. The van der Waals surface area contributed by atoms with Gasteiger partial charge in [-0.05, 0) is 44.2 Å². The Labute approximate surface area is 101 Å². The third-order valence-corrected chi connectivity index (χ3v) is 3.60. The van der Waals surface area contributed by atoms with E-state index in [2.05, 4.69) is 0 Å². The molecule has 0 bridgehead atoms. The first kappa shape index (κ1) is 12.2. The molecular weight excluding hydrogens is 217 g/mol. The number of benzene rings is 1. The zero-order chi connectivity index (χ0) is 12.4. The normalized spacial score (nSPS) is 24.6. The molecule has 1 saturated carbocycles. The summed E-state index contributed by atoms with van der Waals surface area (Å²) in [7, 11) is 0. The fourth-order valence-electron chi connectivity index (χ4n) is 2.36. The van der Waals surface area contributed by atoms with Crippen LogP contribution in [0.1, 0.15) is 41.6 Å². The molecular formula is C14H18FNO. The molecule has 0 heterocycles. The highest BCUT2D eigenvalue weighted by molar-refractivity contribution is 5.97. The summed E-state index contributed by atoms with van der Waals surface area (Å²) in [5, 5.41) is 0. The van der Waals surface area contributed by atoms with Crippen molar-refractivity contribution < 1.29 is 9.18 Å². The molecule has 1 aromatic carbocycles. The maximum absolute atomic E-state index is 13.4. The molecule has 1 aliphatic carbocycles. The lowest BCUT2D eigenvalue weighted by molar-refractivity contribution is 0.0884. The van der Waals surface area contributed by atoms with Crippen molar-refractivity contribution in [2.45, 2.75) is 38.6 Å². The number of aryl methyl sites for hydroxylation is 1. The number of hydrogen-bond donors (Lipinski definition) is 1. The molecule has 0 saturated heterocycles. The summed E-state index contributed by atoms with van der Waals surface area (Å²) in [5.74, 6) is -0.212. The quantitative estimate of drug-likeness (QED) is 0.801. The average molecular weight is 235 g/mol. The van der Waals surface area contributed by atoms with Crippen LogP contribution in [0.3, 0.4) is 0 Å². The lowest BCUT2D eigenvalue weighted by Gasteiger charge is -2.25. The van der Waals surface area contributed by atoms with Gasteiger partial charge >= 0.3 is 0 Å². The Kier molecular flexibility index (Phi) is 3.57. The van der Waals surface area contributed by atoms with E-state index in [1.807, 2.05) is 0 Å². The van der Waals surface area contributed by atoms with Gasteiger partial charge in [0.1, 0.15) is 5.82 Å². The van der Waals surface area contributed by atoms with Gasteiger partial charge in [-0.15, -0.1) is 0 Å². The molecule has 0 atom stereocenters. The SMILES string of the molecule is Cc1ccc(C(=O)C2CCC(N)CC2)cc1F. The number of ketones is 1. The summed E-state index contributed by atoms with van der Waals surface area (Å²) in [6.07, 6.45) is 3.44. The van der Waals surface area contributed by atoms with E-state index < -0.39 is 0 Å². The topological polar surface area (TPSA) is 43.1 Å². The third kappa shape index (κ3) is 2.72. The molecule has 1 aliphatic rings. The summed E-state index contributed by atoms with van der Waals surface area (Å²) in [5.41, 5.74) is 6.88. The van der Waals surface area contributed by atoms with Gasteiger partial charge in [0, 0.05) is 17.5 Å². The maximum atomic E-state index is 13.4. The minimum absolute atomic E-state index is 0.0249. The highest BCUT2D eigenvalue weighted by Crippen LogP contribution is 2.26. The maximum Gasteiger partial charge on any atom is 0.166 e. The molecule has 17 heavy (non-hydrogen) atoms. The van der Waals surface area contributed by atoms with Gasteiger partial charge in [-0.2, -0.15) is 0 Å². The van der Waals surface area contributed by atoms with Gasteiger partial charge in [0.25, 0.3) is 0 Å². The monoisotopic (exact) mass is 235 g/mol. The zero-order valence-electron chi connectivity index (χ0n) is 10.1. The Hall–Kier alpha value is -1.22. The van der Waals surface area contributed by atoms with Gasteiger partial charge in [-0.1, -0.05) is 12.1 Å². The lowest BCUT2D eigenvalue weighted by Crippen LogP contribution is -2.29. The molecule has 0 radical (unpaired) electrons. The van der Waals surface area contributed by atoms with E-state index in [1.165, 1.54) is 6.07 Å². The molecule has 1 aromatic rings. The molecule has 2 rings (SSSR count). The predicted molar refractivity (Wildman–Crippen MR) is 65.4 cm³/mol. The number of Topliss-reactive ketones (excluding diaryl/α,β-unsaturated/α-hetero) is 1. The zero-order valence-corrected chi connectivity index (χ0v) is 10.1. The van der Waals surface area contributed by atoms with Crippen molar-refractivity contribution in [3.05, 3.63) is 35.1 Å². The number of rotatable bonds is 2. The van der Waals surface area contributed by atoms with Crippen LogP contribution < -0.4 is 5.73 Å². The third-order valence-electron chi connectivity index (χ3n) is 3.60. The van der Waals surface area contributed by atoms with Crippen molar-refractivity contribution in [3.63, 3.8) is 0 Å².